The van der Waals surface area contributed by atoms with Crippen LogP contribution in [0.15, 0.2) is 24.3 Å². The van der Waals surface area contributed by atoms with Gasteiger partial charge in [0.25, 0.3) is 0 Å². The van der Waals surface area contributed by atoms with Crippen molar-refractivity contribution in [1.82, 2.24) is 4.90 Å². The molecular weight excluding hydrogens is 264 g/mol. The molecule has 1 aromatic rings. The van der Waals surface area contributed by atoms with Crippen LogP contribution in [-0.4, -0.2) is 42.1 Å². The Kier molecular flexibility index (Phi) is 5.67. The topological polar surface area (TPSA) is 15.3 Å². The highest BCUT2D eigenvalue weighted by Gasteiger charge is 2.17. The minimum Gasteiger partial charge on any atom is -0.384 e. The van der Waals surface area contributed by atoms with Crippen molar-refractivity contribution in [3.05, 3.63) is 29.3 Å². The molecule has 2 nitrogen and oxygen atoms in total. The van der Waals surface area contributed by atoms with Gasteiger partial charge in [-0.05, 0) is 24.6 Å². The van der Waals surface area contributed by atoms with Crippen molar-refractivity contribution in [2.24, 2.45) is 0 Å². The van der Waals surface area contributed by atoms with Crippen LogP contribution in [0.4, 0.5) is 5.69 Å². The van der Waals surface area contributed by atoms with Crippen molar-refractivity contribution in [3.8, 4) is 0 Å². The molecule has 0 saturated carbocycles. The summed E-state index contributed by atoms with van der Waals surface area (Å²) in [4.78, 5) is 2.56. The van der Waals surface area contributed by atoms with Crippen LogP contribution in [0.5, 0.6) is 0 Å². The Balaban J connectivity index is 1.72. The van der Waals surface area contributed by atoms with Crippen molar-refractivity contribution in [1.29, 1.82) is 0 Å². The molecule has 1 fully saturated rings. The number of hydrogen-bond donors (Lipinski definition) is 1. The zero-order valence-electron chi connectivity index (χ0n) is 10.9. The summed E-state index contributed by atoms with van der Waals surface area (Å²) in [7, 11) is 0. The third-order valence-electron chi connectivity index (χ3n) is 3.26. The molecule has 2 rings (SSSR count). The molecule has 1 unspecified atom stereocenters. The van der Waals surface area contributed by atoms with Crippen molar-refractivity contribution >= 4 is 29.1 Å². The quantitative estimate of drug-likeness (QED) is 0.890. The van der Waals surface area contributed by atoms with Gasteiger partial charge in [-0.25, -0.2) is 0 Å². The first-order valence-electron chi connectivity index (χ1n) is 6.61. The van der Waals surface area contributed by atoms with Gasteiger partial charge in [0.1, 0.15) is 0 Å². The predicted molar refractivity (Wildman–Crippen MR) is 82.9 cm³/mol. The van der Waals surface area contributed by atoms with Gasteiger partial charge in [-0.3, -0.25) is 4.90 Å². The van der Waals surface area contributed by atoms with Crippen LogP contribution in [0.25, 0.3) is 0 Å². The first-order valence-corrected chi connectivity index (χ1v) is 8.04. The fourth-order valence-electron chi connectivity index (χ4n) is 2.19. The zero-order chi connectivity index (χ0) is 12.8. The second-order valence-corrected chi connectivity index (χ2v) is 6.48. The smallest absolute Gasteiger partial charge is 0.0426 e. The summed E-state index contributed by atoms with van der Waals surface area (Å²) < 4.78 is 0. The molecule has 0 aromatic heterocycles. The van der Waals surface area contributed by atoms with E-state index in [1.807, 2.05) is 18.2 Å². The average molecular weight is 285 g/mol. The van der Waals surface area contributed by atoms with Gasteiger partial charge < -0.3 is 5.32 Å². The monoisotopic (exact) mass is 284 g/mol. The maximum absolute atomic E-state index is 5.96. The first-order chi connectivity index (χ1) is 8.78. The van der Waals surface area contributed by atoms with Crippen LogP contribution in [0.1, 0.15) is 13.3 Å². The van der Waals surface area contributed by atoms with Crippen molar-refractivity contribution in [3.63, 3.8) is 0 Å². The summed E-state index contributed by atoms with van der Waals surface area (Å²) in [5.41, 5.74) is 1.11. The molecule has 0 bridgehead atoms. The molecule has 1 atom stereocenters. The number of nitrogens with one attached hydrogen (secondary N) is 1. The van der Waals surface area contributed by atoms with E-state index < -0.39 is 0 Å². The molecule has 1 saturated heterocycles. The Morgan fingerprint density at radius 1 is 1.50 bits per heavy atom. The maximum atomic E-state index is 5.96. The van der Waals surface area contributed by atoms with E-state index in [1.54, 1.807) is 0 Å². The molecule has 0 amide bonds. The fourth-order valence-corrected chi connectivity index (χ4v) is 3.63. The molecule has 1 N–H and O–H groups in total. The maximum Gasteiger partial charge on any atom is 0.0426 e. The Morgan fingerprint density at radius 3 is 3.17 bits per heavy atom. The minimum atomic E-state index is 0.792. The van der Waals surface area contributed by atoms with Crippen molar-refractivity contribution < 1.29 is 0 Å². The molecule has 0 radical (unpaired) electrons. The molecular formula is C14H21ClN2S. The summed E-state index contributed by atoms with van der Waals surface area (Å²) in [5.74, 6) is 1.27. The van der Waals surface area contributed by atoms with E-state index in [9.17, 15) is 0 Å². The molecule has 1 aliphatic heterocycles. The highest BCUT2D eigenvalue weighted by Crippen LogP contribution is 2.20. The molecule has 4 heteroatoms. The highest BCUT2D eigenvalue weighted by atomic mass is 35.5. The second-order valence-electron chi connectivity index (χ2n) is 4.64. The third-order valence-corrected chi connectivity index (χ3v) is 4.87. The summed E-state index contributed by atoms with van der Waals surface area (Å²) in [6.45, 7) is 6.84. The van der Waals surface area contributed by atoms with Gasteiger partial charge >= 0.3 is 0 Å². The highest BCUT2D eigenvalue weighted by molar-refractivity contribution is 8.00. The van der Waals surface area contributed by atoms with Crippen molar-refractivity contribution in [2.75, 3.05) is 37.2 Å². The molecule has 0 aliphatic carbocycles. The third kappa shape index (κ3) is 4.38. The number of hydrogen-bond acceptors (Lipinski definition) is 3. The van der Waals surface area contributed by atoms with Gasteiger partial charge in [0, 0.05) is 47.9 Å². The van der Waals surface area contributed by atoms with Gasteiger partial charge in [0.15, 0.2) is 0 Å². The number of benzene rings is 1. The number of rotatable bonds is 5. The Morgan fingerprint density at radius 2 is 2.39 bits per heavy atom. The predicted octanol–water partition coefficient (Wildman–Crippen LogP) is 3.58. The van der Waals surface area contributed by atoms with Gasteiger partial charge in [0.05, 0.1) is 0 Å². The van der Waals surface area contributed by atoms with E-state index in [0.717, 1.165) is 29.0 Å². The van der Waals surface area contributed by atoms with Gasteiger partial charge in [0.2, 0.25) is 0 Å². The normalized spacial score (nSPS) is 20.9. The number of anilines is 1. The number of nitrogens with zero attached hydrogens (tertiary/aromatic N) is 1. The molecule has 1 heterocycles. The van der Waals surface area contributed by atoms with Crippen LogP contribution in [0.3, 0.4) is 0 Å². The lowest BCUT2D eigenvalue weighted by Gasteiger charge is -2.31. The fraction of sp³-hybridized carbons (Fsp3) is 0.571. The van der Waals surface area contributed by atoms with E-state index in [0.29, 0.717) is 0 Å². The number of halogens is 1. The Labute approximate surface area is 119 Å². The van der Waals surface area contributed by atoms with E-state index in [-0.39, 0.29) is 0 Å². The van der Waals surface area contributed by atoms with E-state index >= 15 is 0 Å². The zero-order valence-corrected chi connectivity index (χ0v) is 12.4. The largest absolute Gasteiger partial charge is 0.384 e. The second kappa shape index (κ2) is 7.27. The van der Waals surface area contributed by atoms with Gasteiger partial charge in [-0.2, -0.15) is 11.8 Å². The van der Waals surface area contributed by atoms with E-state index in [2.05, 4.69) is 35.0 Å². The molecule has 0 spiro atoms. The minimum absolute atomic E-state index is 0.792. The lowest BCUT2D eigenvalue weighted by Crippen LogP contribution is -2.40. The SMILES string of the molecule is CCC1CN(CCNc2cccc(Cl)c2)CCS1. The van der Waals surface area contributed by atoms with Crippen LogP contribution in [-0.2, 0) is 0 Å². The molecule has 1 aromatic carbocycles. The average Bonchev–Trinajstić information content (AvgIpc) is 2.39. The summed E-state index contributed by atoms with van der Waals surface area (Å²) in [5, 5.41) is 5.05. The molecule has 100 valence electrons. The van der Waals surface area contributed by atoms with Gasteiger partial charge in [-0.1, -0.05) is 24.6 Å². The number of thioether (sulfide) groups is 1. The van der Waals surface area contributed by atoms with Crippen LogP contribution in [0, 0.1) is 0 Å². The molecule has 18 heavy (non-hydrogen) atoms. The van der Waals surface area contributed by atoms with E-state index in [1.165, 1.54) is 25.3 Å². The van der Waals surface area contributed by atoms with E-state index in [4.69, 9.17) is 11.6 Å². The van der Waals surface area contributed by atoms with Crippen LogP contribution in [0.2, 0.25) is 5.02 Å². The first kappa shape index (κ1) is 14.0. The Bertz CT molecular complexity index is 373. The summed E-state index contributed by atoms with van der Waals surface area (Å²) >= 11 is 8.08. The lowest BCUT2D eigenvalue weighted by molar-refractivity contribution is 0.292. The molecule has 1 aliphatic rings. The Hall–Kier alpha value is -0.380. The standard InChI is InChI=1S/C14H21ClN2S/c1-2-14-11-17(8-9-18-14)7-6-16-13-5-3-4-12(15)10-13/h3-5,10,14,16H,2,6-9,11H2,1H3. The van der Waals surface area contributed by atoms with Crippen molar-refractivity contribution in [2.45, 2.75) is 18.6 Å². The van der Waals surface area contributed by atoms with Gasteiger partial charge in [-0.15, -0.1) is 0 Å². The van der Waals surface area contributed by atoms with Crippen LogP contribution < -0.4 is 5.32 Å². The summed E-state index contributed by atoms with van der Waals surface area (Å²) in [6, 6.07) is 7.92. The summed E-state index contributed by atoms with van der Waals surface area (Å²) in [6.07, 6.45) is 1.28. The lowest BCUT2D eigenvalue weighted by atomic mass is 10.3. The van der Waals surface area contributed by atoms with Crippen LogP contribution >= 0.6 is 23.4 Å².